The van der Waals surface area contributed by atoms with Gasteiger partial charge in [-0.1, -0.05) is 6.07 Å². The van der Waals surface area contributed by atoms with Gasteiger partial charge in [0.25, 0.3) is 11.8 Å². The molecule has 0 saturated carbocycles. The summed E-state index contributed by atoms with van der Waals surface area (Å²) in [5.74, 6) is 1.07. The van der Waals surface area contributed by atoms with Crippen molar-refractivity contribution in [2.24, 2.45) is 0 Å². The van der Waals surface area contributed by atoms with Gasteiger partial charge in [0.05, 0.1) is 0 Å². The summed E-state index contributed by atoms with van der Waals surface area (Å²) in [4.78, 5) is 26.5. The summed E-state index contributed by atoms with van der Waals surface area (Å²) in [6.45, 7) is 2.14. The number of ether oxygens (including phenoxy) is 2. The molecule has 0 saturated heterocycles. The third kappa shape index (κ3) is 5.23. The van der Waals surface area contributed by atoms with Gasteiger partial charge in [0, 0.05) is 24.2 Å². The highest BCUT2D eigenvalue weighted by Crippen LogP contribution is 2.32. The number of nitrogens with one attached hydrogen (secondary N) is 2. The molecule has 0 fully saturated rings. The maximum Gasteiger partial charge on any atom is 0.251 e. The average molecular weight is 383 g/mol. The van der Waals surface area contributed by atoms with Crippen molar-refractivity contribution >= 4 is 11.8 Å². The van der Waals surface area contributed by atoms with Crippen molar-refractivity contribution in [2.75, 3.05) is 34.0 Å². The van der Waals surface area contributed by atoms with Crippen molar-refractivity contribution in [3.8, 4) is 11.5 Å². The van der Waals surface area contributed by atoms with Gasteiger partial charge in [-0.15, -0.1) is 0 Å². The Labute approximate surface area is 164 Å². The number of hydrogen-bond acceptors (Lipinski definition) is 5. The molecular formula is C21H25N3O4. The monoisotopic (exact) mass is 383 g/mol. The predicted octanol–water partition coefficient (Wildman–Crippen LogP) is 2.03. The van der Waals surface area contributed by atoms with Crippen LogP contribution in [-0.2, 0) is 6.54 Å². The van der Waals surface area contributed by atoms with Crippen molar-refractivity contribution in [3.63, 3.8) is 0 Å². The lowest BCUT2D eigenvalue weighted by molar-refractivity contribution is 0.0939. The number of amides is 2. The Morgan fingerprint density at radius 2 is 1.57 bits per heavy atom. The van der Waals surface area contributed by atoms with Gasteiger partial charge in [-0.25, -0.2) is 0 Å². The molecule has 0 bridgehead atoms. The first-order chi connectivity index (χ1) is 13.5. The summed E-state index contributed by atoms with van der Waals surface area (Å²) in [6.07, 6.45) is 0.888. The van der Waals surface area contributed by atoms with Gasteiger partial charge >= 0.3 is 0 Å². The van der Waals surface area contributed by atoms with Gasteiger partial charge in [0.1, 0.15) is 0 Å². The van der Waals surface area contributed by atoms with Gasteiger partial charge in [-0.05, 0) is 69.0 Å². The van der Waals surface area contributed by atoms with Gasteiger partial charge in [-0.2, -0.15) is 0 Å². The average Bonchev–Trinajstić information content (AvgIpc) is 3.17. The lowest BCUT2D eigenvalue weighted by Crippen LogP contribution is -2.27. The highest BCUT2D eigenvalue weighted by atomic mass is 16.7. The van der Waals surface area contributed by atoms with Crippen LogP contribution in [-0.4, -0.2) is 50.7 Å². The van der Waals surface area contributed by atoms with Crippen LogP contribution >= 0.6 is 0 Å². The Morgan fingerprint density at radius 3 is 2.25 bits per heavy atom. The highest BCUT2D eigenvalue weighted by molar-refractivity contribution is 5.97. The lowest BCUT2D eigenvalue weighted by atomic mass is 10.1. The maximum absolute atomic E-state index is 12.3. The number of benzene rings is 2. The summed E-state index contributed by atoms with van der Waals surface area (Å²) in [7, 11) is 4.00. The zero-order valence-electron chi connectivity index (χ0n) is 16.2. The minimum Gasteiger partial charge on any atom is -0.454 e. The first-order valence-electron chi connectivity index (χ1n) is 9.22. The summed E-state index contributed by atoms with van der Waals surface area (Å²) in [5.41, 5.74) is 1.97. The van der Waals surface area contributed by atoms with Crippen LogP contribution in [0.4, 0.5) is 0 Å². The molecule has 0 aromatic heterocycles. The number of fused-ring (bicyclic) bond motifs is 1. The molecule has 0 radical (unpaired) electrons. The van der Waals surface area contributed by atoms with Crippen molar-refractivity contribution in [2.45, 2.75) is 13.0 Å². The lowest BCUT2D eigenvalue weighted by Gasteiger charge is -2.10. The van der Waals surface area contributed by atoms with E-state index in [0.717, 1.165) is 18.5 Å². The Balaban J connectivity index is 1.48. The largest absolute Gasteiger partial charge is 0.454 e. The molecule has 1 heterocycles. The normalized spacial score (nSPS) is 12.1. The molecule has 2 N–H and O–H groups in total. The topological polar surface area (TPSA) is 79.9 Å². The first-order valence-corrected chi connectivity index (χ1v) is 9.22. The van der Waals surface area contributed by atoms with E-state index in [0.29, 0.717) is 35.7 Å². The fourth-order valence-corrected chi connectivity index (χ4v) is 2.81. The number of hydrogen-bond donors (Lipinski definition) is 2. The molecule has 7 nitrogen and oxygen atoms in total. The SMILES string of the molecule is CN(C)CCCNC(=O)c1ccc(C(=O)NCc2ccc3c(c2)OCO3)cc1. The third-order valence-electron chi connectivity index (χ3n) is 4.37. The van der Waals surface area contributed by atoms with Crippen molar-refractivity contribution in [3.05, 3.63) is 59.2 Å². The maximum atomic E-state index is 12.3. The summed E-state index contributed by atoms with van der Waals surface area (Å²) in [6, 6.07) is 12.2. The van der Waals surface area contributed by atoms with E-state index in [4.69, 9.17) is 9.47 Å². The minimum absolute atomic E-state index is 0.133. The van der Waals surface area contributed by atoms with Crippen LogP contribution < -0.4 is 20.1 Å². The smallest absolute Gasteiger partial charge is 0.251 e. The van der Waals surface area contributed by atoms with Crippen LogP contribution in [0.3, 0.4) is 0 Å². The van der Waals surface area contributed by atoms with Gasteiger partial charge in [0.15, 0.2) is 11.5 Å². The molecule has 7 heteroatoms. The standard InChI is InChI=1S/C21H25N3O4/c1-24(2)11-3-10-22-20(25)16-5-7-17(8-6-16)21(26)23-13-15-4-9-18-19(12-15)28-14-27-18/h4-9,12H,3,10-11,13-14H2,1-2H3,(H,22,25)(H,23,26). The van der Waals surface area contributed by atoms with Crippen LogP contribution in [0, 0.1) is 0 Å². The van der Waals surface area contributed by atoms with Crippen molar-refractivity contribution in [1.82, 2.24) is 15.5 Å². The van der Waals surface area contributed by atoms with E-state index in [2.05, 4.69) is 15.5 Å². The Kier molecular flexibility index (Phi) is 6.49. The molecule has 1 aliphatic heterocycles. The van der Waals surface area contributed by atoms with E-state index < -0.39 is 0 Å². The van der Waals surface area contributed by atoms with Gasteiger partial charge in [-0.3, -0.25) is 9.59 Å². The molecule has 1 aliphatic rings. The molecular weight excluding hydrogens is 358 g/mol. The molecule has 0 atom stereocenters. The van der Waals surface area contributed by atoms with E-state index >= 15 is 0 Å². The van der Waals surface area contributed by atoms with Crippen LogP contribution in [0.5, 0.6) is 11.5 Å². The van der Waals surface area contributed by atoms with E-state index in [1.165, 1.54) is 0 Å². The van der Waals surface area contributed by atoms with E-state index in [1.807, 2.05) is 32.3 Å². The van der Waals surface area contributed by atoms with Crippen LogP contribution in [0.25, 0.3) is 0 Å². The molecule has 0 aliphatic carbocycles. The second-order valence-electron chi connectivity index (χ2n) is 6.86. The summed E-state index contributed by atoms with van der Waals surface area (Å²) >= 11 is 0. The Hall–Kier alpha value is -3.06. The second-order valence-corrected chi connectivity index (χ2v) is 6.86. The minimum atomic E-state index is -0.199. The van der Waals surface area contributed by atoms with Crippen molar-refractivity contribution < 1.29 is 19.1 Å². The summed E-state index contributed by atoms with van der Waals surface area (Å²) in [5, 5.41) is 5.75. The molecule has 3 rings (SSSR count). The molecule has 28 heavy (non-hydrogen) atoms. The summed E-state index contributed by atoms with van der Waals surface area (Å²) < 4.78 is 10.6. The third-order valence-corrected chi connectivity index (χ3v) is 4.37. The van der Waals surface area contributed by atoms with E-state index in [9.17, 15) is 9.59 Å². The number of nitrogens with zero attached hydrogens (tertiary/aromatic N) is 1. The zero-order chi connectivity index (χ0) is 19.9. The first kappa shape index (κ1) is 19.7. The molecule has 2 aromatic carbocycles. The number of carbonyl (C=O) groups excluding carboxylic acids is 2. The van der Waals surface area contributed by atoms with Crippen LogP contribution in [0.2, 0.25) is 0 Å². The van der Waals surface area contributed by atoms with Crippen LogP contribution in [0.15, 0.2) is 42.5 Å². The van der Waals surface area contributed by atoms with Gasteiger partial charge < -0.3 is 25.0 Å². The molecule has 2 amide bonds. The predicted molar refractivity (Wildman–Crippen MR) is 106 cm³/mol. The fourth-order valence-electron chi connectivity index (χ4n) is 2.81. The zero-order valence-corrected chi connectivity index (χ0v) is 16.2. The molecule has 2 aromatic rings. The number of carbonyl (C=O) groups is 2. The van der Waals surface area contributed by atoms with Crippen molar-refractivity contribution in [1.29, 1.82) is 0 Å². The molecule has 0 spiro atoms. The molecule has 0 unspecified atom stereocenters. The Morgan fingerprint density at radius 1 is 0.929 bits per heavy atom. The Bertz CT molecular complexity index is 834. The highest BCUT2D eigenvalue weighted by Gasteiger charge is 2.14. The second kappa shape index (κ2) is 9.23. The fraction of sp³-hybridized carbons (Fsp3) is 0.333. The van der Waals surface area contributed by atoms with Gasteiger partial charge in [0.2, 0.25) is 6.79 Å². The van der Waals surface area contributed by atoms with E-state index in [1.54, 1.807) is 24.3 Å². The van der Waals surface area contributed by atoms with E-state index in [-0.39, 0.29) is 18.6 Å². The quantitative estimate of drug-likeness (QED) is 0.682. The molecule has 148 valence electrons. The van der Waals surface area contributed by atoms with Crippen LogP contribution in [0.1, 0.15) is 32.7 Å². The number of rotatable bonds is 8.